The minimum absolute atomic E-state index is 0.689. The van der Waals surface area contributed by atoms with E-state index in [9.17, 15) is 0 Å². The Morgan fingerprint density at radius 1 is 0.600 bits per heavy atom. The van der Waals surface area contributed by atoms with Crippen molar-refractivity contribution >= 4 is 83.4 Å². The van der Waals surface area contributed by atoms with Gasteiger partial charge < -0.3 is 8.98 Å². The zero-order valence-electron chi connectivity index (χ0n) is 26.7. The third-order valence-corrected chi connectivity index (χ3v) is 11.7. The lowest BCUT2D eigenvalue weighted by Gasteiger charge is -2.20. The van der Waals surface area contributed by atoms with Gasteiger partial charge in [-0.3, -0.25) is 4.57 Å². The van der Waals surface area contributed by atoms with Crippen molar-refractivity contribution < 1.29 is 4.42 Å². The summed E-state index contributed by atoms with van der Waals surface area (Å²) in [7, 11) is 0. The summed E-state index contributed by atoms with van der Waals surface area (Å²) >= 11 is 1.80. The number of fused-ring (bicyclic) bond motifs is 11. The molecule has 0 saturated carbocycles. The van der Waals surface area contributed by atoms with Crippen molar-refractivity contribution in [3.63, 3.8) is 0 Å². The van der Waals surface area contributed by atoms with Gasteiger partial charge in [0.25, 0.3) is 0 Å². The molecule has 4 aromatic heterocycles. The SMILES string of the molecule is C1=Cc2c(c3cc4c(cc3n2-c2nc3c5c(cccc5n2)Sc2ccccc2-3)oc2cc3c(cc24)c2ccccc2n3-c2ccccc2)CC1. The van der Waals surface area contributed by atoms with Crippen LogP contribution < -0.4 is 0 Å². The molecule has 50 heavy (non-hydrogen) atoms. The van der Waals surface area contributed by atoms with Crippen LogP contribution in [0.4, 0.5) is 0 Å². The van der Waals surface area contributed by atoms with Crippen LogP contribution in [0.5, 0.6) is 0 Å². The fourth-order valence-corrected chi connectivity index (χ4v) is 9.53. The molecule has 0 atom stereocenters. The van der Waals surface area contributed by atoms with Crippen LogP contribution in [-0.2, 0) is 6.42 Å². The number of nitrogens with zero attached hydrogens (tertiary/aromatic N) is 4. The minimum atomic E-state index is 0.689. The summed E-state index contributed by atoms with van der Waals surface area (Å²) in [5.74, 6) is 0.689. The van der Waals surface area contributed by atoms with E-state index < -0.39 is 0 Å². The Kier molecular flexibility index (Phi) is 5.22. The molecule has 0 unspecified atom stereocenters. The van der Waals surface area contributed by atoms with Gasteiger partial charge in [0.05, 0.1) is 33.5 Å². The number of rotatable bonds is 2. The van der Waals surface area contributed by atoms with E-state index in [4.69, 9.17) is 14.4 Å². The van der Waals surface area contributed by atoms with Gasteiger partial charge in [-0.15, -0.1) is 0 Å². The monoisotopic (exact) mass is 658 g/mol. The van der Waals surface area contributed by atoms with Gasteiger partial charge in [0.1, 0.15) is 11.2 Å². The van der Waals surface area contributed by atoms with Gasteiger partial charge in [-0.2, -0.15) is 0 Å². The van der Waals surface area contributed by atoms with E-state index in [2.05, 4.69) is 143 Å². The van der Waals surface area contributed by atoms with E-state index in [0.717, 1.165) is 79.4 Å². The molecular weight excluding hydrogens is 633 g/mol. The van der Waals surface area contributed by atoms with Gasteiger partial charge in [-0.25, -0.2) is 9.97 Å². The van der Waals surface area contributed by atoms with Crippen LogP contribution in [0.1, 0.15) is 17.7 Å². The predicted molar refractivity (Wildman–Crippen MR) is 205 cm³/mol. The number of para-hydroxylation sites is 2. The average molecular weight is 659 g/mol. The molecular formula is C44H26N4OS. The highest BCUT2D eigenvalue weighted by molar-refractivity contribution is 7.99. The van der Waals surface area contributed by atoms with E-state index >= 15 is 0 Å². The standard InChI is InChI=1S/C44H26N4OS/c1-2-11-25(12-3-1)47-34-17-7-4-13-26(34)29-21-31-32-22-30-27-14-5-8-18-35(27)48(37(30)24-39(32)49-38(31)23-36(29)47)44-45-33-16-10-20-41-42(33)43(46-44)28-15-6-9-19-40(28)50-41/h1-4,6-13,15-24H,5,14H2. The molecule has 5 heterocycles. The predicted octanol–water partition coefficient (Wildman–Crippen LogP) is 11.7. The second kappa shape index (κ2) is 9.74. The molecule has 0 fully saturated rings. The van der Waals surface area contributed by atoms with Gasteiger partial charge in [-0.1, -0.05) is 78.5 Å². The first kappa shape index (κ1) is 26.8. The van der Waals surface area contributed by atoms with Gasteiger partial charge in [0, 0.05) is 65.5 Å². The normalized spacial score (nSPS) is 13.7. The molecule has 0 radical (unpaired) electrons. The summed E-state index contributed by atoms with van der Waals surface area (Å²) in [5, 5.41) is 7.07. The zero-order valence-corrected chi connectivity index (χ0v) is 27.5. The number of hydrogen-bond acceptors (Lipinski definition) is 4. The van der Waals surface area contributed by atoms with Crippen LogP contribution in [0.15, 0.2) is 142 Å². The van der Waals surface area contributed by atoms with Gasteiger partial charge in [0.15, 0.2) is 0 Å². The number of benzene rings is 6. The van der Waals surface area contributed by atoms with Crippen LogP contribution >= 0.6 is 11.8 Å². The summed E-state index contributed by atoms with van der Waals surface area (Å²) in [6.07, 6.45) is 6.49. The lowest BCUT2D eigenvalue weighted by atomic mass is 9.99. The summed E-state index contributed by atoms with van der Waals surface area (Å²) in [6, 6.07) is 43.3. The summed E-state index contributed by atoms with van der Waals surface area (Å²) in [6.45, 7) is 0. The molecule has 6 aromatic carbocycles. The first-order valence-corrected chi connectivity index (χ1v) is 17.9. The highest BCUT2D eigenvalue weighted by Crippen LogP contribution is 2.47. The maximum Gasteiger partial charge on any atom is 0.235 e. The Hall–Kier alpha value is -6.11. The maximum absolute atomic E-state index is 6.78. The third-order valence-electron chi connectivity index (χ3n) is 10.6. The Labute approximate surface area is 290 Å². The van der Waals surface area contributed by atoms with E-state index in [1.54, 1.807) is 11.8 Å². The van der Waals surface area contributed by atoms with Crippen molar-refractivity contribution in [2.75, 3.05) is 0 Å². The number of hydrogen-bond donors (Lipinski definition) is 0. The average Bonchev–Trinajstić information content (AvgIpc) is 3.80. The first-order valence-electron chi connectivity index (χ1n) is 17.1. The van der Waals surface area contributed by atoms with E-state index in [-0.39, 0.29) is 0 Å². The van der Waals surface area contributed by atoms with Crippen molar-refractivity contribution in [2.24, 2.45) is 0 Å². The molecule has 1 aliphatic heterocycles. The minimum Gasteiger partial charge on any atom is -0.456 e. The van der Waals surface area contributed by atoms with Crippen LogP contribution in [0.2, 0.25) is 0 Å². The van der Waals surface area contributed by atoms with Crippen LogP contribution in [0, 0.1) is 0 Å². The van der Waals surface area contributed by atoms with Crippen LogP contribution in [0.25, 0.3) is 94.5 Å². The highest BCUT2D eigenvalue weighted by Gasteiger charge is 2.26. The van der Waals surface area contributed by atoms with Crippen molar-refractivity contribution in [1.82, 2.24) is 19.1 Å². The molecule has 1 aliphatic carbocycles. The smallest absolute Gasteiger partial charge is 0.235 e. The molecule has 0 bridgehead atoms. The summed E-state index contributed by atoms with van der Waals surface area (Å²) in [5.41, 5.74) is 11.9. The largest absolute Gasteiger partial charge is 0.456 e. The fraction of sp³-hybridized carbons (Fsp3) is 0.0455. The Morgan fingerprint density at radius 2 is 1.36 bits per heavy atom. The van der Waals surface area contributed by atoms with E-state index in [1.807, 2.05) is 0 Å². The summed E-state index contributed by atoms with van der Waals surface area (Å²) in [4.78, 5) is 13.0. The molecule has 6 heteroatoms. The lowest BCUT2D eigenvalue weighted by Crippen LogP contribution is -2.08. The quantitative estimate of drug-likeness (QED) is 0.185. The van der Waals surface area contributed by atoms with Crippen LogP contribution in [-0.4, -0.2) is 19.1 Å². The first-order chi connectivity index (χ1) is 24.8. The second-order valence-corrected chi connectivity index (χ2v) is 14.4. The van der Waals surface area contributed by atoms with Crippen molar-refractivity contribution in [3.05, 3.63) is 139 Å². The molecule has 10 aromatic rings. The molecule has 0 spiro atoms. The van der Waals surface area contributed by atoms with Crippen LogP contribution in [0.3, 0.4) is 0 Å². The van der Waals surface area contributed by atoms with Gasteiger partial charge in [0.2, 0.25) is 5.95 Å². The molecule has 0 amide bonds. The topological polar surface area (TPSA) is 48.8 Å². The van der Waals surface area contributed by atoms with Crippen molar-refractivity contribution in [3.8, 4) is 22.9 Å². The number of allylic oxidation sites excluding steroid dienone is 1. The van der Waals surface area contributed by atoms with Gasteiger partial charge >= 0.3 is 0 Å². The fourth-order valence-electron chi connectivity index (χ4n) is 8.42. The molecule has 0 N–H and O–H groups in total. The Morgan fingerprint density at radius 3 is 2.26 bits per heavy atom. The Bertz CT molecular complexity index is 3130. The molecule has 12 rings (SSSR count). The molecule has 0 saturated heterocycles. The van der Waals surface area contributed by atoms with E-state index in [1.165, 1.54) is 37.0 Å². The third kappa shape index (κ3) is 3.53. The van der Waals surface area contributed by atoms with Crippen molar-refractivity contribution in [1.29, 1.82) is 0 Å². The zero-order chi connectivity index (χ0) is 32.5. The number of furan rings is 1. The maximum atomic E-state index is 6.78. The molecule has 5 nitrogen and oxygen atoms in total. The number of aryl methyl sites for hydroxylation is 1. The molecule has 234 valence electrons. The highest BCUT2D eigenvalue weighted by atomic mass is 32.2. The number of aromatic nitrogens is 4. The van der Waals surface area contributed by atoms with Gasteiger partial charge in [-0.05, 0) is 73.0 Å². The Balaban J connectivity index is 1.15. The lowest BCUT2D eigenvalue weighted by molar-refractivity contribution is 0.669. The van der Waals surface area contributed by atoms with Crippen molar-refractivity contribution in [2.45, 2.75) is 22.6 Å². The summed E-state index contributed by atoms with van der Waals surface area (Å²) < 4.78 is 11.4. The second-order valence-electron chi connectivity index (χ2n) is 13.3. The van der Waals surface area contributed by atoms with E-state index in [0.29, 0.717) is 5.95 Å². The molecule has 2 aliphatic rings.